The summed E-state index contributed by atoms with van der Waals surface area (Å²) < 4.78 is 0. The highest BCUT2D eigenvalue weighted by Gasteiger charge is 1.98. The molecule has 0 spiro atoms. The summed E-state index contributed by atoms with van der Waals surface area (Å²) in [5, 5.41) is 3.35. The Balaban J connectivity index is 2.62. The number of anilines is 1. The van der Waals surface area contributed by atoms with Crippen LogP contribution in [0, 0.1) is 0 Å². The first kappa shape index (κ1) is 11.0. The van der Waals surface area contributed by atoms with Gasteiger partial charge in [-0.3, -0.25) is 0 Å². The molecule has 3 heteroatoms. The van der Waals surface area contributed by atoms with Crippen LogP contribution in [-0.2, 0) is 13.0 Å². The van der Waals surface area contributed by atoms with Crippen molar-refractivity contribution in [1.29, 1.82) is 0 Å². The van der Waals surface area contributed by atoms with Crippen molar-refractivity contribution >= 4 is 5.82 Å². The predicted octanol–water partition coefficient (Wildman–Crippen LogP) is 1.73. The van der Waals surface area contributed by atoms with Crippen LogP contribution < -0.4 is 11.1 Å². The standard InChI is InChI=1S/C11H19N3/c1-3-5-13-8-9-6-10(4-2)14-11(12)7-9/h6-7,13H,3-5,8H2,1-2H3,(H2,12,14). The summed E-state index contributed by atoms with van der Waals surface area (Å²) in [6, 6.07) is 4.04. The van der Waals surface area contributed by atoms with E-state index in [4.69, 9.17) is 5.73 Å². The van der Waals surface area contributed by atoms with Crippen LogP contribution in [0.15, 0.2) is 12.1 Å². The zero-order valence-electron chi connectivity index (χ0n) is 9.01. The fraction of sp³-hybridized carbons (Fsp3) is 0.545. The van der Waals surface area contributed by atoms with E-state index < -0.39 is 0 Å². The summed E-state index contributed by atoms with van der Waals surface area (Å²) in [6.45, 7) is 6.17. The first-order valence-electron chi connectivity index (χ1n) is 5.22. The SMILES string of the molecule is CCCNCc1cc(N)nc(CC)c1. The molecule has 78 valence electrons. The van der Waals surface area contributed by atoms with Crippen LogP contribution >= 0.6 is 0 Å². The maximum atomic E-state index is 5.70. The largest absolute Gasteiger partial charge is 0.384 e. The van der Waals surface area contributed by atoms with Gasteiger partial charge in [-0.05, 0) is 37.1 Å². The molecule has 0 aliphatic rings. The van der Waals surface area contributed by atoms with Gasteiger partial charge in [0.25, 0.3) is 0 Å². The zero-order valence-corrected chi connectivity index (χ0v) is 9.01. The smallest absolute Gasteiger partial charge is 0.123 e. The van der Waals surface area contributed by atoms with Crippen LogP contribution in [0.25, 0.3) is 0 Å². The minimum absolute atomic E-state index is 0.623. The third-order valence-corrected chi connectivity index (χ3v) is 2.08. The number of aryl methyl sites for hydroxylation is 1. The third kappa shape index (κ3) is 3.34. The molecular formula is C11H19N3. The number of nitrogens with zero attached hydrogens (tertiary/aromatic N) is 1. The molecule has 3 nitrogen and oxygen atoms in total. The average Bonchev–Trinajstić information content (AvgIpc) is 2.17. The maximum Gasteiger partial charge on any atom is 0.123 e. The number of pyridine rings is 1. The molecule has 0 aromatic carbocycles. The minimum atomic E-state index is 0.623. The number of rotatable bonds is 5. The Morgan fingerprint density at radius 3 is 2.79 bits per heavy atom. The zero-order chi connectivity index (χ0) is 10.4. The summed E-state index contributed by atoms with van der Waals surface area (Å²) >= 11 is 0. The normalized spacial score (nSPS) is 10.4. The molecule has 0 unspecified atom stereocenters. The van der Waals surface area contributed by atoms with Gasteiger partial charge < -0.3 is 11.1 Å². The number of hydrogen-bond donors (Lipinski definition) is 2. The molecule has 0 saturated carbocycles. The van der Waals surface area contributed by atoms with Crippen molar-refractivity contribution < 1.29 is 0 Å². The topological polar surface area (TPSA) is 50.9 Å². The Hall–Kier alpha value is -1.09. The van der Waals surface area contributed by atoms with Gasteiger partial charge in [-0.15, -0.1) is 0 Å². The molecule has 0 amide bonds. The van der Waals surface area contributed by atoms with Crippen LogP contribution in [-0.4, -0.2) is 11.5 Å². The van der Waals surface area contributed by atoms with Gasteiger partial charge in [0.1, 0.15) is 5.82 Å². The van der Waals surface area contributed by atoms with Gasteiger partial charge in [0.05, 0.1) is 0 Å². The summed E-state index contributed by atoms with van der Waals surface area (Å²) in [4.78, 5) is 4.23. The highest BCUT2D eigenvalue weighted by atomic mass is 14.9. The van der Waals surface area contributed by atoms with Gasteiger partial charge in [0.15, 0.2) is 0 Å². The molecule has 1 heterocycles. The molecule has 0 bridgehead atoms. The second-order valence-corrected chi connectivity index (χ2v) is 3.42. The van der Waals surface area contributed by atoms with Crippen LogP contribution in [0.3, 0.4) is 0 Å². The Morgan fingerprint density at radius 2 is 2.14 bits per heavy atom. The number of nitrogens with two attached hydrogens (primary N) is 1. The molecule has 0 radical (unpaired) electrons. The number of nitrogen functional groups attached to an aromatic ring is 1. The van der Waals surface area contributed by atoms with Crippen LogP contribution in [0.2, 0.25) is 0 Å². The van der Waals surface area contributed by atoms with Gasteiger partial charge in [-0.2, -0.15) is 0 Å². The maximum absolute atomic E-state index is 5.70. The minimum Gasteiger partial charge on any atom is -0.384 e. The lowest BCUT2D eigenvalue weighted by molar-refractivity contribution is 0.674. The van der Waals surface area contributed by atoms with Crippen LogP contribution in [0.5, 0.6) is 0 Å². The predicted molar refractivity (Wildman–Crippen MR) is 60.0 cm³/mol. The number of nitrogens with one attached hydrogen (secondary N) is 1. The molecule has 0 atom stereocenters. The fourth-order valence-electron chi connectivity index (χ4n) is 1.37. The van der Waals surface area contributed by atoms with E-state index in [1.54, 1.807) is 0 Å². The van der Waals surface area contributed by atoms with Crippen molar-refractivity contribution in [3.05, 3.63) is 23.4 Å². The van der Waals surface area contributed by atoms with Crippen molar-refractivity contribution in [3.8, 4) is 0 Å². The molecule has 1 aromatic heterocycles. The Morgan fingerprint density at radius 1 is 1.36 bits per heavy atom. The van der Waals surface area contributed by atoms with Crippen molar-refractivity contribution in [1.82, 2.24) is 10.3 Å². The molecule has 14 heavy (non-hydrogen) atoms. The van der Waals surface area contributed by atoms with Gasteiger partial charge >= 0.3 is 0 Å². The van der Waals surface area contributed by atoms with E-state index >= 15 is 0 Å². The first-order valence-corrected chi connectivity index (χ1v) is 5.22. The van der Waals surface area contributed by atoms with Crippen LogP contribution in [0.1, 0.15) is 31.5 Å². The van der Waals surface area contributed by atoms with E-state index in [1.807, 2.05) is 6.07 Å². The molecule has 0 aliphatic carbocycles. The van der Waals surface area contributed by atoms with E-state index in [0.717, 1.165) is 31.6 Å². The molecule has 0 fully saturated rings. The second kappa shape index (κ2) is 5.60. The Bertz CT molecular complexity index is 284. The molecule has 0 aliphatic heterocycles. The Labute approximate surface area is 85.7 Å². The molecular weight excluding hydrogens is 174 g/mol. The summed E-state index contributed by atoms with van der Waals surface area (Å²) in [5.41, 5.74) is 7.99. The lowest BCUT2D eigenvalue weighted by atomic mass is 10.2. The van der Waals surface area contributed by atoms with E-state index in [2.05, 4.69) is 30.2 Å². The van der Waals surface area contributed by atoms with Gasteiger partial charge in [0, 0.05) is 12.2 Å². The second-order valence-electron chi connectivity index (χ2n) is 3.42. The number of aromatic nitrogens is 1. The summed E-state index contributed by atoms with van der Waals surface area (Å²) in [7, 11) is 0. The third-order valence-electron chi connectivity index (χ3n) is 2.08. The molecule has 0 saturated heterocycles. The highest BCUT2D eigenvalue weighted by Crippen LogP contribution is 2.08. The van der Waals surface area contributed by atoms with Crippen molar-refractivity contribution in [2.24, 2.45) is 0 Å². The van der Waals surface area contributed by atoms with Gasteiger partial charge in [-0.25, -0.2) is 4.98 Å². The highest BCUT2D eigenvalue weighted by molar-refractivity contribution is 5.34. The first-order chi connectivity index (χ1) is 6.76. The van der Waals surface area contributed by atoms with E-state index in [-0.39, 0.29) is 0 Å². The van der Waals surface area contributed by atoms with Gasteiger partial charge in [-0.1, -0.05) is 13.8 Å². The van der Waals surface area contributed by atoms with E-state index in [9.17, 15) is 0 Å². The Kier molecular flexibility index (Phi) is 4.40. The van der Waals surface area contributed by atoms with Gasteiger partial charge in [0.2, 0.25) is 0 Å². The average molecular weight is 193 g/mol. The van der Waals surface area contributed by atoms with E-state index in [0.29, 0.717) is 5.82 Å². The van der Waals surface area contributed by atoms with Crippen molar-refractivity contribution in [3.63, 3.8) is 0 Å². The quantitative estimate of drug-likeness (QED) is 0.700. The fourth-order valence-corrected chi connectivity index (χ4v) is 1.37. The lowest BCUT2D eigenvalue weighted by Crippen LogP contribution is -2.14. The van der Waals surface area contributed by atoms with Crippen molar-refractivity contribution in [2.75, 3.05) is 12.3 Å². The molecule has 1 aromatic rings. The van der Waals surface area contributed by atoms with E-state index in [1.165, 1.54) is 5.56 Å². The van der Waals surface area contributed by atoms with Crippen molar-refractivity contribution in [2.45, 2.75) is 33.2 Å². The number of hydrogen-bond acceptors (Lipinski definition) is 3. The van der Waals surface area contributed by atoms with Crippen LogP contribution in [0.4, 0.5) is 5.82 Å². The molecule has 1 rings (SSSR count). The summed E-state index contributed by atoms with van der Waals surface area (Å²) in [6.07, 6.45) is 2.09. The monoisotopic (exact) mass is 193 g/mol. The lowest BCUT2D eigenvalue weighted by Gasteiger charge is -2.06. The molecule has 3 N–H and O–H groups in total. The summed E-state index contributed by atoms with van der Waals surface area (Å²) in [5.74, 6) is 0.623.